The van der Waals surface area contributed by atoms with E-state index in [9.17, 15) is 8.78 Å². The van der Waals surface area contributed by atoms with Gasteiger partial charge in [0.25, 0.3) is 0 Å². The van der Waals surface area contributed by atoms with Crippen molar-refractivity contribution in [3.05, 3.63) is 29.8 Å². The molecule has 0 aromatic heterocycles. The monoisotopic (exact) mass is 381 g/mol. The van der Waals surface area contributed by atoms with Gasteiger partial charge in [0.05, 0.1) is 51.4 Å². The number of rotatable bonds is 1. The summed E-state index contributed by atoms with van der Waals surface area (Å²) < 4.78 is 26.8. The summed E-state index contributed by atoms with van der Waals surface area (Å²) in [6, 6.07) is 4.07. The van der Waals surface area contributed by atoms with Gasteiger partial charge < -0.3 is 0 Å². The molecule has 0 radical (unpaired) electrons. The predicted octanol–water partition coefficient (Wildman–Crippen LogP) is 3.47. The highest BCUT2D eigenvalue weighted by molar-refractivity contribution is 14.2. The molecule has 0 N–H and O–H groups in total. The Morgan fingerprint density at radius 1 is 1.18 bits per heavy atom. The van der Waals surface area contributed by atoms with Crippen molar-refractivity contribution in [2.24, 2.45) is 0 Å². The van der Waals surface area contributed by atoms with Crippen LogP contribution in [-0.4, -0.2) is 0 Å². The van der Waals surface area contributed by atoms with Crippen LogP contribution in [0.25, 0.3) is 0 Å². The second kappa shape index (κ2) is 3.83. The smallest absolute Gasteiger partial charge is 0.183 e. The molecule has 0 amide bonds. The van der Waals surface area contributed by atoms with Crippen LogP contribution in [0, 0.1) is 11.6 Å². The standard InChI is InChI=1S/C6H3F2I2N/c7-4-2-1-3-5(6(4)8)11(9)10/h1-3H. The van der Waals surface area contributed by atoms with Crippen LogP contribution < -0.4 is 1.33 Å². The number of benzene rings is 1. The van der Waals surface area contributed by atoms with Crippen LogP contribution in [0.4, 0.5) is 14.5 Å². The van der Waals surface area contributed by atoms with Crippen LogP contribution in [0.15, 0.2) is 18.2 Å². The third-order valence-corrected chi connectivity index (χ3v) is 2.15. The third kappa shape index (κ3) is 2.14. The van der Waals surface area contributed by atoms with Gasteiger partial charge in [-0.05, 0) is 12.1 Å². The molecule has 0 aliphatic carbocycles. The van der Waals surface area contributed by atoms with E-state index < -0.39 is 11.6 Å². The molecule has 1 aromatic rings. The fourth-order valence-electron chi connectivity index (χ4n) is 0.623. The van der Waals surface area contributed by atoms with Crippen LogP contribution in [0.1, 0.15) is 0 Å². The van der Waals surface area contributed by atoms with Crippen LogP contribution in [0.3, 0.4) is 0 Å². The topological polar surface area (TPSA) is 3.24 Å². The lowest BCUT2D eigenvalue weighted by Gasteiger charge is -2.07. The highest BCUT2D eigenvalue weighted by Gasteiger charge is 2.09. The van der Waals surface area contributed by atoms with E-state index in [1.807, 2.05) is 45.7 Å². The first-order valence-electron chi connectivity index (χ1n) is 2.68. The van der Waals surface area contributed by atoms with E-state index in [1.54, 1.807) is 0 Å². The lowest BCUT2D eigenvalue weighted by Crippen LogP contribution is -1.95. The van der Waals surface area contributed by atoms with Crippen LogP contribution >= 0.6 is 45.7 Å². The maximum absolute atomic E-state index is 12.8. The molecule has 60 valence electrons. The van der Waals surface area contributed by atoms with Gasteiger partial charge in [-0.2, -0.15) is 0 Å². The summed E-state index contributed by atoms with van der Waals surface area (Å²) in [4.78, 5) is 0. The number of nitrogens with zero attached hydrogens (tertiary/aromatic N) is 1. The maximum atomic E-state index is 12.8. The minimum atomic E-state index is -0.819. The summed E-state index contributed by atoms with van der Waals surface area (Å²) in [5.74, 6) is -1.63. The predicted molar refractivity (Wildman–Crippen MR) is 56.9 cm³/mol. The van der Waals surface area contributed by atoms with E-state index >= 15 is 0 Å². The molecule has 0 spiro atoms. The normalized spacial score (nSPS) is 9.82. The second-order valence-corrected chi connectivity index (χ2v) is 5.58. The molecule has 0 saturated heterocycles. The molecule has 1 aromatic carbocycles. The molecule has 0 bridgehead atoms. The van der Waals surface area contributed by atoms with E-state index in [0.29, 0.717) is 0 Å². The molecule has 1 nitrogen and oxygen atoms in total. The van der Waals surface area contributed by atoms with Gasteiger partial charge in [0.1, 0.15) is 0 Å². The molecule has 0 fully saturated rings. The van der Waals surface area contributed by atoms with Crippen molar-refractivity contribution in [2.45, 2.75) is 0 Å². The minimum absolute atomic E-state index is 0.242. The summed E-state index contributed by atoms with van der Waals surface area (Å²) in [5, 5.41) is 0. The van der Waals surface area contributed by atoms with Crippen LogP contribution in [0.5, 0.6) is 0 Å². The molecule has 5 heteroatoms. The average Bonchev–Trinajstić information content (AvgIpc) is 1.94. The molecule has 1 rings (SSSR count). The van der Waals surface area contributed by atoms with Gasteiger partial charge in [0, 0.05) is 0 Å². The minimum Gasteiger partial charge on any atom is -0.252 e. The Morgan fingerprint density at radius 2 is 1.82 bits per heavy atom. The lowest BCUT2D eigenvalue weighted by molar-refractivity contribution is 0.512. The van der Waals surface area contributed by atoms with Crippen LogP contribution in [-0.2, 0) is 0 Å². The van der Waals surface area contributed by atoms with E-state index in [1.165, 1.54) is 13.5 Å². The molecule has 0 heterocycles. The highest BCUT2D eigenvalue weighted by Crippen LogP contribution is 2.27. The number of hydrogen-bond acceptors (Lipinski definition) is 1. The molecule has 0 unspecified atom stereocenters. The Kier molecular flexibility index (Phi) is 3.29. The Bertz CT molecular complexity index is 265. The van der Waals surface area contributed by atoms with E-state index in [2.05, 4.69) is 0 Å². The van der Waals surface area contributed by atoms with Gasteiger partial charge in [-0.25, -0.2) is 8.78 Å². The summed E-state index contributed by atoms with van der Waals surface area (Å²) in [5.41, 5.74) is 0.242. The number of hydrogen-bond donors (Lipinski definition) is 0. The van der Waals surface area contributed by atoms with Gasteiger partial charge in [0.15, 0.2) is 11.6 Å². The van der Waals surface area contributed by atoms with Crippen LogP contribution in [0.2, 0.25) is 0 Å². The number of halogens is 4. The fraction of sp³-hybridized carbons (Fsp3) is 0. The first-order chi connectivity index (χ1) is 5.13. The quantitative estimate of drug-likeness (QED) is 0.532. The molecule has 0 aliphatic rings. The van der Waals surface area contributed by atoms with Crippen molar-refractivity contribution >= 4 is 51.4 Å². The lowest BCUT2D eigenvalue weighted by atomic mass is 10.3. The molecule has 0 aliphatic heterocycles. The molecule has 0 saturated carbocycles. The zero-order valence-corrected chi connectivity index (χ0v) is 9.51. The van der Waals surface area contributed by atoms with E-state index in [0.717, 1.165) is 6.07 Å². The molecule has 11 heavy (non-hydrogen) atoms. The van der Waals surface area contributed by atoms with Gasteiger partial charge in [-0.15, -0.1) is 0 Å². The van der Waals surface area contributed by atoms with Crippen molar-refractivity contribution in [1.82, 2.24) is 0 Å². The third-order valence-electron chi connectivity index (χ3n) is 1.11. The van der Waals surface area contributed by atoms with Gasteiger partial charge in [0.2, 0.25) is 0 Å². The molecular weight excluding hydrogens is 378 g/mol. The zero-order valence-electron chi connectivity index (χ0n) is 5.19. The second-order valence-electron chi connectivity index (χ2n) is 1.81. The Balaban J connectivity index is 3.17. The van der Waals surface area contributed by atoms with Crippen molar-refractivity contribution in [2.75, 3.05) is 1.33 Å². The van der Waals surface area contributed by atoms with Crippen molar-refractivity contribution in [3.63, 3.8) is 0 Å². The zero-order chi connectivity index (χ0) is 8.43. The van der Waals surface area contributed by atoms with Gasteiger partial charge in [-0.3, -0.25) is 1.33 Å². The first kappa shape index (κ1) is 9.43. The van der Waals surface area contributed by atoms with Gasteiger partial charge in [-0.1, -0.05) is 6.07 Å². The first-order valence-corrected chi connectivity index (χ1v) is 4.61. The summed E-state index contributed by atoms with van der Waals surface area (Å²) in [6.45, 7) is 0. The van der Waals surface area contributed by atoms with Crippen molar-refractivity contribution < 1.29 is 8.78 Å². The van der Waals surface area contributed by atoms with E-state index in [4.69, 9.17) is 0 Å². The summed E-state index contributed by atoms with van der Waals surface area (Å²) in [7, 11) is 0. The summed E-state index contributed by atoms with van der Waals surface area (Å²) >= 11 is 3.73. The Morgan fingerprint density at radius 3 is 2.27 bits per heavy atom. The SMILES string of the molecule is Fc1cccc(N(I)I)c1F. The van der Waals surface area contributed by atoms with E-state index in [-0.39, 0.29) is 5.69 Å². The van der Waals surface area contributed by atoms with Crippen molar-refractivity contribution in [1.29, 1.82) is 0 Å². The summed E-state index contributed by atoms with van der Waals surface area (Å²) in [6.07, 6.45) is 0. The average molecular weight is 381 g/mol. The Labute approximate surface area is 90.8 Å². The van der Waals surface area contributed by atoms with Gasteiger partial charge >= 0.3 is 0 Å². The van der Waals surface area contributed by atoms with Crippen molar-refractivity contribution in [3.8, 4) is 0 Å². The fourth-order valence-corrected chi connectivity index (χ4v) is 1.37. The Hall–Kier alpha value is 0.340. The maximum Gasteiger partial charge on any atom is 0.183 e. The highest BCUT2D eigenvalue weighted by atomic mass is 127. The number of anilines is 1. The molecule has 0 atom stereocenters. The molecular formula is C6H3F2I2N. The largest absolute Gasteiger partial charge is 0.252 e.